The van der Waals surface area contributed by atoms with Crippen molar-refractivity contribution in [3.8, 4) is 0 Å². The second-order valence-corrected chi connectivity index (χ2v) is 6.13. The Morgan fingerprint density at radius 1 is 1.50 bits per heavy atom. The molecule has 0 amide bonds. The molecule has 2 rings (SSSR count). The third-order valence-electron chi connectivity index (χ3n) is 3.87. The molecule has 1 heterocycles. The minimum absolute atomic E-state index is 0.0880. The van der Waals surface area contributed by atoms with Gasteiger partial charge in [0.25, 0.3) is 0 Å². The molecule has 1 aromatic rings. The molecule has 2 N–H and O–H groups in total. The van der Waals surface area contributed by atoms with E-state index in [9.17, 15) is 4.39 Å². The topological polar surface area (TPSA) is 29.3 Å². The monoisotopic (exact) mass is 314 g/mol. The molecule has 3 unspecified atom stereocenters. The van der Waals surface area contributed by atoms with Crippen molar-refractivity contribution in [1.29, 1.82) is 0 Å². The maximum absolute atomic E-state index is 13.9. The van der Waals surface area contributed by atoms with Gasteiger partial charge in [-0.3, -0.25) is 4.90 Å². The molecular formula is C14H20BrFN2. The molecule has 1 saturated heterocycles. The number of halogens is 2. The molecule has 18 heavy (non-hydrogen) atoms. The smallest absolute Gasteiger partial charge is 0.128 e. The summed E-state index contributed by atoms with van der Waals surface area (Å²) in [4.78, 5) is 2.34. The lowest BCUT2D eigenvalue weighted by Gasteiger charge is -2.40. The van der Waals surface area contributed by atoms with E-state index in [0.29, 0.717) is 6.04 Å². The Bertz CT molecular complexity index is 424. The highest BCUT2D eigenvalue weighted by Crippen LogP contribution is 2.30. The summed E-state index contributed by atoms with van der Waals surface area (Å²) in [5.41, 5.74) is 6.73. The molecule has 0 saturated carbocycles. The van der Waals surface area contributed by atoms with Crippen molar-refractivity contribution in [2.24, 2.45) is 5.73 Å². The molecular weight excluding hydrogens is 295 g/mol. The van der Waals surface area contributed by atoms with E-state index in [2.05, 4.69) is 34.7 Å². The van der Waals surface area contributed by atoms with E-state index in [0.717, 1.165) is 29.4 Å². The van der Waals surface area contributed by atoms with Crippen LogP contribution in [0.2, 0.25) is 0 Å². The Morgan fingerprint density at radius 3 is 2.89 bits per heavy atom. The Labute approximate surface area is 116 Å². The van der Waals surface area contributed by atoms with Crippen LogP contribution in [-0.4, -0.2) is 23.5 Å². The average Bonchev–Trinajstić information content (AvgIpc) is 2.31. The molecule has 100 valence electrons. The summed E-state index contributed by atoms with van der Waals surface area (Å²) >= 11 is 3.41. The van der Waals surface area contributed by atoms with Crippen LogP contribution in [0.25, 0.3) is 0 Å². The summed E-state index contributed by atoms with van der Waals surface area (Å²) < 4.78 is 14.8. The summed E-state index contributed by atoms with van der Waals surface area (Å²) in [6, 6.07) is 5.92. The molecule has 0 spiro atoms. The molecule has 2 nitrogen and oxygen atoms in total. The third-order valence-corrected chi connectivity index (χ3v) is 4.37. The molecule has 3 atom stereocenters. The fourth-order valence-electron chi connectivity index (χ4n) is 2.82. The number of piperidine rings is 1. The molecule has 0 aromatic heterocycles. The van der Waals surface area contributed by atoms with Crippen molar-refractivity contribution in [2.75, 3.05) is 6.54 Å². The molecule has 1 aliphatic rings. The van der Waals surface area contributed by atoms with Crippen LogP contribution in [0, 0.1) is 5.82 Å². The second-order valence-electron chi connectivity index (χ2n) is 5.21. The number of rotatable bonds is 2. The van der Waals surface area contributed by atoms with Crippen LogP contribution < -0.4 is 5.73 Å². The Kier molecular flexibility index (Phi) is 4.41. The minimum Gasteiger partial charge on any atom is -0.328 e. The molecule has 1 fully saturated rings. The van der Waals surface area contributed by atoms with Gasteiger partial charge in [0.2, 0.25) is 0 Å². The molecule has 0 bridgehead atoms. The number of hydrogen-bond acceptors (Lipinski definition) is 2. The van der Waals surface area contributed by atoms with Gasteiger partial charge in [-0.25, -0.2) is 4.39 Å². The first kappa shape index (κ1) is 14.0. The van der Waals surface area contributed by atoms with Crippen LogP contribution in [0.15, 0.2) is 22.7 Å². The zero-order valence-electron chi connectivity index (χ0n) is 10.9. The lowest BCUT2D eigenvalue weighted by molar-refractivity contribution is 0.102. The SMILES string of the molecule is CC1CC(N)CCN1C(C)c1cc(Br)ccc1F. The normalized spacial score (nSPS) is 27.2. The van der Waals surface area contributed by atoms with Crippen LogP contribution in [0.3, 0.4) is 0 Å². The molecule has 1 aliphatic heterocycles. The van der Waals surface area contributed by atoms with Gasteiger partial charge in [-0.15, -0.1) is 0 Å². The van der Waals surface area contributed by atoms with Gasteiger partial charge >= 0.3 is 0 Å². The fourth-order valence-corrected chi connectivity index (χ4v) is 3.19. The van der Waals surface area contributed by atoms with Gasteiger partial charge in [-0.2, -0.15) is 0 Å². The highest BCUT2D eigenvalue weighted by molar-refractivity contribution is 9.10. The van der Waals surface area contributed by atoms with E-state index in [1.165, 1.54) is 6.07 Å². The number of likely N-dealkylation sites (tertiary alicyclic amines) is 1. The minimum atomic E-state index is -0.132. The largest absolute Gasteiger partial charge is 0.328 e. The van der Waals surface area contributed by atoms with E-state index in [4.69, 9.17) is 5.73 Å². The van der Waals surface area contributed by atoms with Crippen molar-refractivity contribution >= 4 is 15.9 Å². The van der Waals surface area contributed by atoms with Gasteiger partial charge in [-0.05, 0) is 44.9 Å². The lowest BCUT2D eigenvalue weighted by atomic mass is 9.95. The van der Waals surface area contributed by atoms with Crippen LogP contribution in [0.1, 0.15) is 38.3 Å². The number of nitrogens with two attached hydrogens (primary N) is 1. The van der Waals surface area contributed by atoms with Crippen LogP contribution in [0.5, 0.6) is 0 Å². The van der Waals surface area contributed by atoms with Crippen LogP contribution in [-0.2, 0) is 0 Å². The zero-order valence-corrected chi connectivity index (χ0v) is 12.5. The summed E-state index contributed by atoms with van der Waals surface area (Å²) in [7, 11) is 0. The van der Waals surface area contributed by atoms with E-state index in [1.54, 1.807) is 6.07 Å². The van der Waals surface area contributed by atoms with Crippen molar-refractivity contribution in [3.05, 3.63) is 34.1 Å². The molecule has 4 heteroatoms. The predicted octanol–water partition coefficient (Wildman–Crippen LogP) is 3.46. The first-order valence-electron chi connectivity index (χ1n) is 6.45. The van der Waals surface area contributed by atoms with Gasteiger partial charge in [0.15, 0.2) is 0 Å². The molecule has 0 aliphatic carbocycles. The van der Waals surface area contributed by atoms with Gasteiger partial charge in [-0.1, -0.05) is 15.9 Å². The quantitative estimate of drug-likeness (QED) is 0.905. The zero-order chi connectivity index (χ0) is 13.3. The van der Waals surface area contributed by atoms with E-state index in [1.807, 2.05) is 6.07 Å². The number of nitrogens with zero attached hydrogens (tertiary/aromatic N) is 1. The predicted molar refractivity (Wildman–Crippen MR) is 75.9 cm³/mol. The van der Waals surface area contributed by atoms with E-state index in [-0.39, 0.29) is 17.9 Å². The lowest BCUT2D eigenvalue weighted by Crippen LogP contribution is -2.46. The van der Waals surface area contributed by atoms with Crippen molar-refractivity contribution in [2.45, 2.75) is 44.8 Å². The second kappa shape index (κ2) is 5.68. The van der Waals surface area contributed by atoms with Gasteiger partial charge in [0.05, 0.1) is 0 Å². The van der Waals surface area contributed by atoms with Crippen molar-refractivity contribution < 1.29 is 4.39 Å². The standard InChI is InChI=1S/C14H20BrFN2/c1-9-7-12(17)5-6-18(9)10(2)13-8-11(15)3-4-14(13)16/h3-4,8-10,12H,5-7,17H2,1-2H3. The summed E-state index contributed by atoms with van der Waals surface area (Å²) in [6.07, 6.45) is 1.98. The van der Waals surface area contributed by atoms with Gasteiger partial charge in [0, 0.05) is 34.7 Å². The van der Waals surface area contributed by atoms with Gasteiger partial charge < -0.3 is 5.73 Å². The summed E-state index contributed by atoms with van der Waals surface area (Å²) in [6.45, 7) is 5.18. The Balaban J connectivity index is 2.20. The first-order chi connectivity index (χ1) is 8.49. The number of benzene rings is 1. The van der Waals surface area contributed by atoms with E-state index >= 15 is 0 Å². The summed E-state index contributed by atoms with van der Waals surface area (Å²) in [5.74, 6) is -0.132. The average molecular weight is 315 g/mol. The molecule has 1 aromatic carbocycles. The highest BCUT2D eigenvalue weighted by Gasteiger charge is 2.28. The maximum atomic E-state index is 13.9. The van der Waals surface area contributed by atoms with Crippen LogP contribution >= 0.6 is 15.9 Å². The fraction of sp³-hybridized carbons (Fsp3) is 0.571. The first-order valence-corrected chi connectivity index (χ1v) is 7.24. The van der Waals surface area contributed by atoms with Crippen molar-refractivity contribution in [1.82, 2.24) is 4.90 Å². The third kappa shape index (κ3) is 2.92. The maximum Gasteiger partial charge on any atom is 0.128 e. The van der Waals surface area contributed by atoms with E-state index < -0.39 is 0 Å². The van der Waals surface area contributed by atoms with Crippen molar-refractivity contribution in [3.63, 3.8) is 0 Å². The summed E-state index contributed by atoms with van der Waals surface area (Å²) in [5, 5.41) is 0. The van der Waals surface area contributed by atoms with Crippen LogP contribution in [0.4, 0.5) is 4.39 Å². The molecule has 0 radical (unpaired) electrons. The number of hydrogen-bond donors (Lipinski definition) is 1. The Hall–Kier alpha value is -0.450. The Morgan fingerprint density at radius 2 is 2.22 bits per heavy atom. The van der Waals surface area contributed by atoms with Gasteiger partial charge in [0.1, 0.15) is 5.82 Å². The highest BCUT2D eigenvalue weighted by atomic mass is 79.9.